The first-order valence-corrected chi connectivity index (χ1v) is 6.63. The molecule has 6 nitrogen and oxygen atoms in total. The molecule has 0 amide bonds. The highest BCUT2D eigenvalue weighted by atomic mass is 35.5. The fraction of sp³-hybridized carbons (Fsp3) is 0.308. The Hall–Kier alpha value is -2.08. The first kappa shape index (κ1) is 12.9. The quantitative estimate of drug-likeness (QED) is 0.691. The van der Waals surface area contributed by atoms with Crippen molar-refractivity contribution in [3.05, 3.63) is 35.7 Å². The number of nitrogens with zero attached hydrogens (tertiary/aromatic N) is 4. The predicted molar refractivity (Wildman–Crippen MR) is 74.0 cm³/mol. The third-order valence-corrected chi connectivity index (χ3v) is 3.26. The Morgan fingerprint density at radius 3 is 2.85 bits per heavy atom. The van der Waals surface area contributed by atoms with E-state index in [4.69, 9.17) is 20.9 Å². The molecule has 3 aromatic rings. The summed E-state index contributed by atoms with van der Waals surface area (Å²) in [4.78, 5) is 8.70. The van der Waals surface area contributed by atoms with E-state index in [1.54, 1.807) is 14.0 Å². The van der Waals surface area contributed by atoms with Gasteiger partial charge in [-0.05, 0) is 19.1 Å². The molecular weight excluding hydrogens is 280 g/mol. The summed E-state index contributed by atoms with van der Waals surface area (Å²) >= 11 is 5.97. The van der Waals surface area contributed by atoms with Crippen LogP contribution in [0.4, 0.5) is 0 Å². The minimum absolute atomic E-state index is 0.310. The van der Waals surface area contributed by atoms with Gasteiger partial charge in [-0.1, -0.05) is 5.16 Å². The Morgan fingerprint density at radius 1 is 1.35 bits per heavy atom. The highest BCUT2D eigenvalue weighted by Crippen LogP contribution is 2.23. The summed E-state index contributed by atoms with van der Waals surface area (Å²) in [5.41, 5.74) is 1.79. The van der Waals surface area contributed by atoms with Crippen LogP contribution in [0.3, 0.4) is 0 Å². The Morgan fingerprint density at radius 2 is 2.20 bits per heavy atom. The van der Waals surface area contributed by atoms with Crippen molar-refractivity contribution < 1.29 is 9.26 Å². The van der Waals surface area contributed by atoms with E-state index < -0.39 is 0 Å². The van der Waals surface area contributed by atoms with E-state index in [-0.39, 0.29) is 0 Å². The van der Waals surface area contributed by atoms with E-state index in [1.165, 1.54) is 0 Å². The smallest absolute Gasteiger partial charge is 0.246 e. The molecular formula is C13H13ClN4O2. The van der Waals surface area contributed by atoms with Gasteiger partial charge in [0.15, 0.2) is 5.82 Å². The fourth-order valence-electron chi connectivity index (χ4n) is 2.10. The maximum Gasteiger partial charge on any atom is 0.246 e. The topological polar surface area (TPSA) is 66.0 Å². The molecule has 0 N–H and O–H groups in total. The van der Waals surface area contributed by atoms with Gasteiger partial charge >= 0.3 is 0 Å². The average Bonchev–Trinajstić information content (AvgIpc) is 3.03. The van der Waals surface area contributed by atoms with Crippen LogP contribution < -0.4 is 4.74 Å². The molecule has 7 heteroatoms. The molecule has 0 saturated carbocycles. The van der Waals surface area contributed by atoms with Gasteiger partial charge in [0.1, 0.15) is 18.1 Å². The van der Waals surface area contributed by atoms with Crippen molar-refractivity contribution >= 4 is 22.6 Å². The normalized spacial score (nSPS) is 11.2. The molecule has 20 heavy (non-hydrogen) atoms. The summed E-state index contributed by atoms with van der Waals surface area (Å²) in [5.74, 6) is 2.96. The molecule has 0 aliphatic carbocycles. The Labute approximate surface area is 120 Å². The van der Waals surface area contributed by atoms with Crippen LogP contribution in [0.2, 0.25) is 0 Å². The third kappa shape index (κ3) is 2.22. The van der Waals surface area contributed by atoms with Crippen LogP contribution in [-0.4, -0.2) is 26.8 Å². The van der Waals surface area contributed by atoms with Gasteiger partial charge in [-0.15, -0.1) is 11.6 Å². The van der Waals surface area contributed by atoms with Crippen LogP contribution in [0.1, 0.15) is 17.5 Å². The minimum Gasteiger partial charge on any atom is -0.497 e. The van der Waals surface area contributed by atoms with Crippen molar-refractivity contribution in [1.29, 1.82) is 0 Å². The van der Waals surface area contributed by atoms with Gasteiger partial charge in [0.2, 0.25) is 5.89 Å². The van der Waals surface area contributed by atoms with E-state index in [9.17, 15) is 0 Å². The molecule has 104 valence electrons. The van der Waals surface area contributed by atoms with E-state index >= 15 is 0 Å². The van der Waals surface area contributed by atoms with Crippen LogP contribution in [0.5, 0.6) is 5.75 Å². The molecule has 0 atom stereocenters. The van der Waals surface area contributed by atoms with Crippen molar-refractivity contribution in [2.75, 3.05) is 7.11 Å². The van der Waals surface area contributed by atoms with E-state index in [0.29, 0.717) is 24.1 Å². The van der Waals surface area contributed by atoms with Crippen molar-refractivity contribution in [1.82, 2.24) is 19.7 Å². The highest BCUT2D eigenvalue weighted by molar-refractivity contribution is 6.16. The zero-order chi connectivity index (χ0) is 14.1. The van der Waals surface area contributed by atoms with Gasteiger partial charge in [-0.3, -0.25) is 0 Å². The number of hydrogen-bond acceptors (Lipinski definition) is 5. The lowest BCUT2D eigenvalue weighted by Crippen LogP contribution is -2.04. The summed E-state index contributed by atoms with van der Waals surface area (Å²) in [5, 5.41) is 3.79. The average molecular weight is 293 g/mol. The van der Waals surface area contributed by atoms with Crippen LogP contribution in [0.25, 0.3) is 11.0 Å². The zero-order valence-corrected chi connectivity index (χ0v) is 11.9. The second-order valence-electron chi connectivity index (χ2n) is 4.34. The fourth-order valence-corrected chi connectivity index (χ4v) is 2.30. The number of rotatable bonds is 4. The molecule has 0 unspecified atom stereocenters. The van der Waals surface area contributed by atoms with Crippen molar-refractivity contribution in [2.24, 2.45) is 0 Å². The lowest BCUT2D eigenvalue weighted by atomic mass is 10.3. The largest absolute Gasteiger partial charge is 0.497 e. The number of methoxy groups -OCH3 is 1. The number of benzene rings is 1. The number of hydrogen-bond donors (Lipinski definition) is 0. The second kappa shape index (κ2) is 5.13. The standard InChI is InChI=1S/C13H13ClN4O2/c1-8-15-13(20-17-8)7-18-11-5-9(19-2)3-4-10(11)16-12(18)6-14/h3-5H,6-7H2,1-2H3. The second-order valence-corrected chi connectivity index (χ2v) is 4.61. The molecule has 0 radical (unpaired) electrons. The van der Waals surface area contributed by atoms with Crippen molar-refractivity contribution in [2.45, 2.75) is 19.3 Å². The van der Waals surface area contributed by atoms with Gasteiger partial charge < -0.3 is 13.8 Å². The predicted octanol–water partition coefficient (Wildman–Crippen LogP) is 2.52. The van der Waals surface area contributed by atoms with Crippen LogP contribution in [0, 0.1) is 6.92 Å². The number of aryl methyl sites for hydroxylation is 1. The summed E-state index contributed by atoms with van der Waals surface area (Å²) in [7, 11) is 1.63. The molecule has 0 bridgehead atoms. The number of halogens is 1. The van der Waals surface area contributed by atoms with E-state index in [0.717, 1.165) is 22.6 Å². The monoisotopic (exact) mass is 292 g/mol. The van der Waals surface area contributed by atoms with E-state index in [1.807, 2.05) is 22.8 Å². The molecule has 3 rings (SSSR count). The Bertz CT molecular complexity index is 750. The minimum atomic E-state index is 0.310. The maximum atomic E-state index is 5.97. The molecule has 2 heterocycles. The molecule has 0 spiro atoms. The molecule has 0 aliphatic rings. The first-order chi connectivity index (χ1) is 9.71. The highest BCUT2D eigenvalue weighted by Gasteiger charge is 2.14. The third-order valence-electron chi connectivity index (χ3n) is 3.02. The van der Waals surface area contributed by atoms with Crippen LogP contribution in [-0.2, 0) is 12.4 Å². The number of fused-ring (bicyclic) bond motifs is 1. The van der Waals surface area contributed by atoms with Gasteiger partial charge in [-0.25, -0.2) is 4.98 Å². The van der Waals surface area contributed by atoms with Gasteiger partial charge in [-0.2, -0.15) is 4.98 Å². The Balaban J connectivity index is 2.10. The number of alkyl halides is 1. The summed E-state index contributed by atoms with van der Waals surface area (Å²) in [6, 6.07) is 5.69. The number of imidazole rings is 1. The van der Waals surface area contributed by atoms with Crippen molar-refractivity contribution in [3.63, 3.8) is 0 Å². The Kier molecular flexibility index (Phi) is 3.31. The number of ether oxygens (including phenoxy) is 1. The molecule has 2 aromatic heterocycles. The molecule has 1 aromatic carbocycles. The number of aromatic nitrogens is 4. The van der Waals surface area contributed by atoms with Crippen molar-refractivity contribution in [3.8, 4) is 5.75 Å². The van der Waals surface area contributed by atoms with Gasteiger partial charge in [0, 0.05) is 6.07 Å². The molecule has 0 saturated heterocycles. The van der Waals surface area contributed by atoms with Gasteiger partial charge in [0.25, 0.3) is 0 Å². The van der Waals surface area contributed by atoms with Crippen LogP contribution in [0.15, 0.2) is 22.7 Å². The van der Waals surface area contributed by atoms with Crippen LogP contribution >= 0.6 is 11.6 Å². The SMILES string of the molecule is COc1ccc2nc(CCl)n(Cc3nc(C)no3)c2c1. The summed E-state index contributed by atoms with van der Waals surface area (Å²) < 4.78 is 12.4. The first-order valence-electron chi connectivity index (χ1n) is 6.09. The maximum absolute atomic E-state index is 5.97. The van der Waals surface area contributed by atoms with Gasteiger partial charge in [0.05, 0.1) is 24.0 Å². The molecule has 0 aliphatic heterocycles. The summed E-state index contributed by atoms with van der Waals surface area (Å²) in [6.07, 6.45) is 0. The summed E-state index contributed by atoms with van der Waals surface area (Å²) in [6.45, 7) is 2.22. The molecule has 0 fully saturated rings. The zero-order valence-electron chi connectivity index (χ0n) is 11.1. The lowest BCUT2D eigenvalue weighted by molar-refractivity contribution is 0.368. The lowest BCUT2D eigenvalue weighted by Gasteiger charge is -2.05. The van der Waals surface area contributed by atoms with E-state index in [2.05, 4.69) is 15.1 Å².